The third-order valence-electron chi connectivity index (χ3n) is 2.01. The van der Waals surface area contributed by atoms with E-state index in [9.17, 15) is 10.1 Å². The molecule has 0 aliphatic carbocycles. The lowest BCUT2D eigenvalue weighted by Gasteiger charge is -2.08. The van der Waals surface area contributed by atoms with Gasteiger partial charge in [0.2, 0.25) is 0 Å². The molecule has 0 saturated heterocycles. The monoisotopic (exact) mass is 225 g/mol. The maximum atomic E-state index is 10.5. The van der Waals surface area contributed by atoms with Gasteiger partial charge in [0.05, 0.1) is 22.9 Å². The highest BCUT2D eigenvalue weighted by atomic mass is 16.6. The first-order chi connectivity index (χ1) is 7.65. The van der Waals surface area contributed by atoms with Crippen LogP contribution in [0.25, 0.3) is 0 Å². The zero-order chi connectivity index (χ0) is 12.0. The number of rotatable bonds is 6. The summed E-state index contributed by atoms with van der Waals surface area (Å²) >= 11 is 0. The Labute approximate surface area is 93.5 Å². The summed E-state index contributed by atoms with van der Waals surface area (Å²) in [5.41, 5.74) is 6.71. The summed E-state index contributed by atoms with van der Waals surface area (Å²) in [6.07, 6.45) is 0. The Balaban J connectivity index is 2.57. The molecule has 0 amide bonds. The minimum Gasteiger partial charge on any atom is -0.397 e. The maximum Gasteiger partial charge on any atom is 0.271 e. The van der Waals surface area contributed by atoms with Crippen molar-refractivity contribution < 1.29 is 9.66 Å². The van der Waals surface area contributed by atoms with Crippen molar-refractivity contribution in [3.8, 4) is 0 Å². The van der Waals surface area contributed by atoms with E-state index in [1.807, 2.05) is 6.92 Å². The number of nitrogens with two attached hydrogens (primary N) is 1. The number of hydrogen-bond donors (Lipinski definition) is 2. The zero-order valence-corrected chi connectivity index (χ0v) is 9.10. The lowest BCUT2D eigenvalue weighted by atomic mass is 10.2. The van der Waals surface area contributed by atoms with Gasteiger partial charge in [-0.2, -0.15) is 0 Å². The molecule has 0 saturated carbocycles. The number of nitro benzene ring substituents is 1. The van der Waals surface area contributed by atoms with Crippen molar-refractivity contribution in [1.29, 1.82) is 0 Å². The van der Waals surface area contributed by atoms with Crippen LogP contribution in [0.15, 0.2) is 18.2 Å². The van der Waals surface area contributed by atoms with Crippen LogP contribution in [0.2, 0.25) is 0 Å². The first-order valence-electron chi connectivity index (χ1n) is 5.00. The quantitative estimate of drug-likeness (QED) is 0.332. The molecule has 0 heterocycles. The van der Waals surface area contributed by atoms with Gasteiger partial charge >= 0.3 is 0 Å². The summed E-state index contributed by atoms with van der Waals surface area (Å²) in [6, 6.07) is 4.35. The predicted molar refractivity (Wildman–Crippen MR) is 62.5 cm³/mol. The third-order valence-corrected chi connectivity index (χ3v) is 2.01. The fourth-order valence-corrected chi connectivity index (χ4v) is 1.23. The second-order valence-corrected chi connectivity index (χ2v) is 3.15. The SMILES string of the molecule is CCOCCNc1ccc([N+](=O)[O-])cc1N. The molecule has 6 heteroatoms. The van der Waals surface area contributed by atoms with Crippen molar-refractivity contribution in [2.24, 2.45) is 0 Å². The van der Waals surface area contributed by atoms with Crippen LogP contribution in [0.3, 0.4) is 0 Å². The Kier molecular flexibility index (Phi) is 4.53. The number of anilines is 2. The van der Waals surface area contributed by atoms with Gasteiger partial charge in [-0.05, 0) is 13.0 Å². The molecule has 0 atom stereocenters. The van der Waals surface area contributed by atoms with Crippen LogP contribution < -0.4 is 11.1 Å². The van der Waals surface area contributed by atoms with Crippen molar-refractivity contribution in [1.82, 2.24) is 0 Å². The van der Waals surface area contributed by atoms with Gasteiger partial charge in [-0.1, -0.05) is 0 Å². The van der Waals surface area contributed by atoms with Crippen LogP contribution in [0.4, 0.5) is 17.1 Å². The Morgan fingerprint density at radius 3 is 2.88 bits per heavy atom. The number of non-ortho nitro benzene ring substituents is 1. The number of nitrogens with one attached hydrogen (secondary N) is 1. The number of nitrogen functional groups attached to an aromatic ring is 1. The molecule has 0 spiro atoms. The van der Waals surface area contributed by atoms with Crippen LogP contribution in [0.5, 0.6) is 0 Å². The van der Waals surface area contributed by atoms with Gasteiger partial charge in [0.15, 0.2) is 0 Å². The van der Waals surface area contributed by atoms with Gasteiger partial charge < -0.3 is 15.8 Å². The maximum absolute atomic E-state index is 10.5. The summed E-state index contributed by atoms with van der Waals surface area (Å²) in [5, 5.41) is 13.5. The molecule has 0 radical (unpaired) electrons. The third kappa shape index (κ3) is 3.39. The number of nitrogens with zero attached hydrogens (tertiary/aromatic N) is 1. The normalized spacial score (nSPS) is 10.1. The summed E-state index contributed by atoms with van der Waals surface area (Å²) < 4.78 is 5.15. The van der Waals surface area contributed by atoms with E-state index >= 15 is 0 Å². The van der Waals surface area contributed by atoms with Crippen molar-refractivity contribution in [3.05, 3.63) is 28.3 Å². The van der Waals surface area contributed by atoms with E-state index in [4.69, 9.17) is 10.5 Å². The molecule has 0 aromatic heterocycles. The molecule has 0 aliphatic heterocycles. The van der Waals surface area contributed by atoms with Crippen molar-refractivity contribution in [2.75, 3.05) is 30.8 Å². The van der Waals surface area contributed by atoms with Crippen LogP contribution in [0.1, 0.15) is 6.92 Å². The van der Waals surface area contributed by atoms with E-state index < -0.39 is 4.92 Å². The van der Waals surface area contributed by atoms with Gasteiger partial charge in [0, 0.05) is 25.3 Å². The van der Waals surface area contributed by atoms with E-state index in [0.29, 0.717) is 31.1 Å². The molecule has 0 unspecified atom stereocenters. The van der Waals surface area contributed by atoms with Gasteiger partial charge in [-0.3, -0.25) is 10.1 Å². The second kappa shape index (κ2) is 5.92. The van der Waals surface area contributed by atoms with Crippen LogP contribution in [0, 0.1) is 10.1 Å². The van der Waals surface area contributed by atoms with Gasteiger partial charge in [-0.25, -0.2) is 0 Å². The Bertz CT molecular complexity index is 368. The molecule has 0 fully saturated rings. The molecule has 1 aromatic rings. The molecule has 88 valence electrons. The molecular weight excluding hydrogens is 210 g/mol. The number of nitro groups is 1. The van der Waals surface area contributed by atoms with E-state index in [-0.39, 0.29) is 5.69 Å². The lowest BCUT2D eigenvalue weighted by molar-refractivity contribution is -0.384. The Hall–Kier alpha value is -1.82. The van der Waals surface area contributed by atoms with Gasteiger partial charge in [-0.15, -0.1) is 0 Å². The van der Waals surface area contributed by atoms with Crippen molar-refractivity contribution >= 4 is 17.1 Å². The highest BCUT2D eigenvalue weighted by Crippen LogP contribution is 2.23. The van der Waals surface area contributed by atoms with E-state index in [2.05, 4.69) is 5.32 Å². The summed E-state index contributed by atoms with van der Waals surface area (Å²) in [6.45, 7) is 3.78. The van der Waals surface area contributed by atoms with Gasteiger partial charge in [0.25, 0.3) is 5.69 Å². The second-order valence-electron chi connectivity index (χ2n) is 3.15. The summed E-state index contributed by atoms with van der Waals surface area (Å²) in [4.78, 5) is 10.0. The van der Waals surface area contributed by atoms with Gasteiger partial charge in [0.1, 0.15) is 0 Å². The van der Waals surface area contributed by atoms with Crippen molar-refractivity contribution in [3.63, 3.8) is 0 Å². The molecule has 3 N–H and O–H groups in total. The molecular formula is C10H15N3O3. The summed E-state index contributed by atoms with van der Waals surface area (Å²) in [5.74, 6) is 0. The fourth-order valence-electron chi connectivity index (χ4n) is 1.23. The minimum atomic E-state index is -0.472. The van der Waals surface area contributed by atoms with E-state index in [0.717, 1.165) is 0 Å². The molecule has 1 aromatic carbocycles. The first kappa shape index (κ1) is 12.3. The summed E-state index contributed by atoms with van der Waals surface area (Å²) in [7, 11) is 0. The van der Waals surface area contributed by atoms with Crippen LogP contribution in [-0.4, -0.2) is 24.7 Å². The molecule has 16 heavy (non-hydrogen) atoms. The number of ether oxygens (including phenoxy) is 1. The molecule has 0 bridgehead atoms. The topological polar surface area (TPSA) is 90.4 Å². The molecule has 1 rings (SSSR count). The van der Waals surface area contributed by atoms with Crippen LogP contribution >= 0.6 is 0 Å². The van der Waals surface area contributed by atoms with E-state index in [1.54, 1.807) is 6.07 Å². The minimum absolute atomic E-state index is 0.00661. The zero-order valence-electron chi connectivity index (χ0n) is 9.10. The largest absolute Gasteiger partial charge is 0.397 e. The predicted octanol–water partition coefficient (Wildman–Crippen LogP) is 1.63. The average molecular weight is 225 g/mol. The molecule has 6 nitrogen and oxygen atoms in total. The number of benzene rings is 1. The van der Waals surface area contributed by atoms with E-state index in [1.165, 1.54) is 12.1 Å². The molecule has 0 aliphatic rings. The number of hydrogen-bond acceptors (Lipinski definition) is 5. The standard InChI is InChI=1S/C10H15N3O3/c1-2-16-6-5-12-10-4-3-8(13(14)15)7-9(10)11/h3-4,7,12H,2,5-6,11H2,1H3. The average Bonchev–Trinajstić information content (AvgIpc) is 2.26. The Morgan fingerprint density at radius 1 is 1.56 bits per heavy atom. The first-order valence-corrected chi connectivity index (χ1v) is 5.00. The lowest BCUT2D eigenvalue weighted by Crippen LogP contribution is -2.10. The smallest absolute Gasteiger partial charge is 0.271 e. The highest BCUT2D eigenvalue weighted by Gasteiger charge is 2.07. The fraction of sp³-hybridized carbons (Fsp3) is 0.400. The van der Waals surface area contributed by atoms with Crippen LogP contribution in [-0.2, 0) is 4.74 Å². The highest BCUT2D eigenvalue weighted by molar-refractivity contribution is 5.69. The Morgan fingerprint density at radius 2 is 2.31 bits per heavy atom. The van der Waals surface area contributed by atoms with Crippen molar-refractivity contribution in [2.45, 2.75) is 6.92 Å².